The zero-order valence-corrected chi connectivity index (χ0v) is 24.2. The van der Waals surface area contributed by atoms with Gasteiger partial charge >= 0.3 is 0 Å². The minimum Gasteiger partial charge on any atom is -0.397 e. The number of nitrogens with one attached hydrogen (secondary N) is 1. The minimum absolute atomic E-state index is 0.0636. The predicted molar refractivity (Wildman–Crippen MR) is 152 cm³/mol. The van der Waals surface area contributed by atoms with Gasteiger partial charge in [0.2, 0.25) is 0 Å². The van der Waals surface area contributed by atoms with Crippen molar-refractivity contribution in [3.8, 4) is 5.95 Å². The lowest BCUT2D eigenvalue weighted by Crippen LogP contribution is -2.34. The van der Waals surface area contributed by atoms with Crippen LogP contribution in [0.3, 0.4) is 0 Å². The molecule has 38 heavy (non-hydrogen) atoms. The molecule has 5 rings (SSSR count). The van der Waals surface area contributed by atoms with Crippen molar-refractivity contribution in [1.82, 2.24) is 19.7 Å². The summed E-state index contributed by atoms with van der Waals surface area (Å²) in [6.07, 6.45) is 1.36. The molecular formula is C31H41N5O2. The van der Waals surface area contributed by atoms with Crippen molar-refractivity contribution in [3.63, 3.8) is 0 Å². The molecule has 7 nitrogen and oxygen atoms in total. The van der Waals surface area contributed by atoms with E-state index in [9.17, 15) is 4.79 Å². The molecule has 7 heteroatoms. The Kier molecular flexibility index (Phi) is 7.36. The Hall–Kier alpha value is -3.32. The molecule has 1 atom stereocenters. The van der Waals surface area contributed by atoms with Crippen LogP contribution in [0.4, 0.5) is 5.82 Å². The molecular weight excluding hydrogens is 474 g/mol. The van der Waals surface area contributed by atoms with E-state index in [4.69, 9.17) is 10.2 Å². The number of benzene rings is 1. The second kappa shape index (κ2) is 10.1. The molecule has 1 aliphatic heterocycles. The van der Waals surface area contributed by atoms with E-state index in [0.29, 0.717) is 12.4 Å². The lowest BCUT2D eigenvalue weighted by Gasteiger charge is -2.38. The number of allylic oxidation sites excluding steroid dienone is 2. The number of hydrogen-bond donors (Lipinski definition) is 2. The highest BCUT2D eigenvalue weighted by Gasteiger charge is 2.43. The van der Waals surface area contributed by atoms with Crippen LogP contribution in [0, 0.1) is 26.2 Å². The van der Waals surface area contributed by atoms with E-state index in [2.05, 4.69) is 74.2 Å². The molecule has 2 aromatic heterocycles. The average molecular weight is 516 g/mol. The van der Waals surface area contributed by atoms with Crippen LogP contribution in [0.15, 0.2) is 41.6 Å². The summed E-state index contributed by atoms with van der Waals surface area (Å²) in [6, 6.07) is 10.7. The number of ketones is 1. The molecule has 0 radical (unpaired) electrons. The van der Waals surface area contributed by atoms with Crippen LogP contribution in [-0.2, 0) is 10.2 Å². The van der Waals surface area contributed by atoms with E-state index in [1.165, 1.54) is 5.56 Å². The lowest BCUT2D eigenvalue weighted by atomic mass is 9.69. The first-order valence-corrected chi connectivity index (χ1v) is 13.4. The van der Waals surface area contributed by atoms with E-state index in [0.717, 1.165) is 51.7 Å². The fraction of sp³-hybridized carbons (Fsp3) is 0.484. The Bertz CT molecular complexity index is 1370. The van der Waals surface area contributed by atoms with Crippen LogP contribution in [-0.4, -0.2) is 37.2 Å². The Balaban J connectivity index is 0.00000107. The maximum atomic E-state index is 13.6. The highest BCUT2D eigenvalue weighted by molar-refractivity contribution is 6.01. The number of aryl methyl sites for hydroxylation is 3. The number of carbonyl (C=O) groups is 1. The fourth-order valence-electron chi connectivity index (χ4n) is 5.53. The Morgan fingerprint density at radius 3 is 2.18 bits per heavy atom. The Labute approximate surface area is 226 Å². The summed E-state index contributed by atoms with van der Waals surface area (Å²) >= 11 is 0. The van der Waals surface area contributed by atoms with Crippen molar-refractivity contribution in [2.75, 3.05) is 11.9 Å². The summed E-state index contributed by atoms with van der Waals surface area (Å²) in [6.45, 7) is 18.9. The molecule has 0 bridgehead atoms. The van der Waals surface area contributed by atoms with Gasteiger partial charge in [-0.1, -0.05) is 58.9 Å². The van der Waals surface area contributed by atoms with Crippen LogP contribution in [0.25, 0.3) is 5.95 Å². The van der Waals surface area contributed by atoms with Gasteiger partial charge in [0.15, 0.2) is 5.78 Å². The second-order valence-corrected chi connectivity index (χ2v) is 12.3. The number of Topliss-reactive ketones (excluding diaryl/α,β-unsaturated/α-hetero) is 1. The van der Waals surface area contributed by atoms with Crippen molar-refractivity contribution >= 4 is 11.6 Å². The first-order valence-electron chi connectivity index (χ1n) is 13.4. The number of nitrogens with zero attached hydrogens (tertiary/aromatic N) is 4. The largest absolute Gasteiger partial charge is 0.397 e. The third-order valence-corrected chi connectivity index (χ3v) is 7.14. The van der Waals surface area contributed by atoms with Crippen LogP contribution in [0.5, 0.6) is 0 Å². The van der Waals surface area contributed by atoms with E-state index < -0.39 is 0 Å². The van der Waals surface area contributed by atoms with Crippen LogP contribution in [0.2, 0.25) is 0 Å². The van der Waals surface area contributed by atoms with Crippen LogP contribution < -0.4 is 5.32 Å². The maximum absolute atomic E-state index is 13.6. The van der Waals surface area contributed by atoms with E-state index in [1.54, 1.807) is 6.92 Å². The zero-order valence-electron chi connectivity index (χ0n) is 24.2. The summed E-state index contributed by atoms with van der Waals surface area (Å²) in [5.74, 6) is 1.46. The van der Waals surface area contributed by atoms with Gasteiger partial charge in [-0.05, 0) is 62.1 Å². The Morgan fingerprint density at radius 2 is 1.63 bits per heavy atom. The molecule has 1 aliphatic carbocycles. The van der Waals surface area contributed by atoms with Gasteiger partial charge in [-0.15, -0.1) is 0 Å². The lowest BCUT2D eigenvalue weighted by molar-refractivity contribution is -0.118. The fourth-order valence-corrected chi connectivity index (χ4v) is 5.53. The van der Waals surface area contributed by atoms with Gasteiger partial charge in [-0.25, -0.2) is 9.97 Å². The number of fused-ring (bicyclic) bond motifs is 1. The van der Waals surface area contributed by atoms with Crippen molar-refractivity contribution in [2.24, 2.45) is 5.41 Å². The molecule has 0 fully saturated rings. The highest BCUT2D eigenvalue weighted by atomic mass is 16.2. The van der Waals surface area contributed by atoms with Gasteiger partial charge in [0.25, 0.3) is 5.95 Å². The van der Waals surface area contributed by atoms with E-state index in [-0.39, 0.29) is 29.1 Å². The minimum atomic E-state index is -0.168. The monoisotopic (exact) mass is 515 g/mol. The first kappa shape index (κ1) is 27.7. The van der Waals surface area contributed by atoms with Crippen LogP contribution in [0.1, 0.15) is 94.1 Å². The van der Waals surface area contributed by atoms with Crippen molar-refractivity contribution in [1.29, 1.82) is 0 Å². The van der Waals surface area contributed by atoms with Crippen molar-refractivity contribution in [2.45, 2.75) is 86.5 Å². The highest BCUT2D eigenvalue weighted by Crippen LogP contribution is 2.50. The molecule has 0 spiro atoms. The summed E-state index contributed by atoms with van der Waals surface area (Å²) in [4.78, 5) is 22.9. The van der Waals surface area contributed by atoms with Gasteiger partial charge in [0.05, 0.1) is 5.69 Å². The third kappa shape index (κ3) is 5.30. The topological polar surface area (TPSA) is 92.9 Å². The SMILES string of the molecule is CCO.Cc1cc(C)nc(-n2nc(C)c3c2NC2=C(C(=O)CC(C)(C)C2)C3c2ccc(C(C)(C)C)cc2)n1. The smallest absolute Gasteiger partial charge is 0.252 e. The first-order chi connectivity index (χ1) is 17.8. The van der Waals surface area contributed by atoms with E-state index >= 15 is 0 Å². The van der Waals surface area contributed by atoms with Gasteiger partial charge < -0.3 is 10.4 Å². The van der Waals surface area contributed by atoms with E-state index in [1.807, 2.05) is 31.5 Å². The summed E-state index contributed by atoms with van der Waals surface area (Å²) < 4.78 is 1.82. The number of anilines is 1. The molecule has 1 aromatic carbocycles. The molecule has 202 valence electrons. The standard InChI is InChI=1S/C29H35N5O.C2H6O/c1-16-13-17(2)31-27(30-16)34-26-23(18(3)33-34)24(19-9-11-20(12-10-19)28(4,5)6)25-21(32-26)14-29(7,8)15-22(25)35;1-2-3/h9-13,24,32H,14-15H2,1-8H3;3H,2H2,1H3. The Morgan fingerprint density at radius 1 is 1.05 bits per heavy atom. The predicted octanol–water partition coefficient (Wildman–Crippen LogP) is 6.08. The van der Waals surface area contributed by atoms with Gasteiger partial charge in [-0.3, -0.25) is 4.79 Å². The summed E-state index contributed by atoms with van der Waals surface area (Å²) in [5, 5.41) is 16.1. The number of aliphatic hydroxyl groups is 1. The third-order valence-electron chi connectivity index (χ3n) is 7.14. The number of aromatic nitrogens is 4. The number of rotatable bonds is 2. The summed E-state index contributed by atoms with van der Waals surface area (Å²) in [5.41, 5.74) is 7.93. The molecule has 2 aliphatic rings. The maximum Gasteiger partial charge on any atom is 0.252 e. The zero-order chi connectivity index (χ0) is 28.0. The number of hydrogen-bond acceptors (Lipinski definition) is 6. The molecule has 3 aromatic rings. The van der Waals surface area contributed by atoms with Gasteiger partial charge in [0, 0.05) is 47.2 Å². The van der Waals surface area contributed by atoms with Crippen LogP contribution >= 0.6 is 0 Å². The number of aliphatic hydroxyl groups excluding tert-OH is 1. The molecule has 3 heterocycles. The molecule has 0 amide bonds. The second-order valence-electron chi connectivity index (χ2n) is 12.3. The molecule has 2 N–H and O–H groups in total. The average Bonchev–Trinajstić information content (AvgIpc) is 3.12. The normalized spacial score (nSPS) is 18.3. The van der Waals surface area contributed by atoms with Crippen molar-refractivity contribution < 1.29 is 9.90 Å². The molecule has 0 saturated heterocycles. The van der Waals surface area contributed by atoms with Gasteiger partial charge in [0.1, 0.15) is 5.82 Å². The molecule has 1 unspecified atom stereocenters. The quantitative estimate of drug-likeness (QED) is 0.429. The van der Waals surface area contributed by atoms with Gasteiger partial charge in [-0.2, -0.15) is 9.78 Å². The van der Waals surface area contributed by atoms with Crippen molar-refractivity contribution in [3.05, 3.63) is 75.4 Å². The molecule has 0 saturated carbocycles. The number of carbonyl (C=O) groups excluding carboxylic acids is 1. The summed E-state index contributed by atoms with van der Waals surface area (Å²) in [7, 11) is 0.